The fourth-order valence-corrected chi connectivity index (χ4v) is 5.17. The largest absolute Gasteiger partial charge is 0.303 e. The molecule has 0 atom stereocenters. The van der Waals surface area contributed by atoms with Crippen molar-refractivity contribution in [3.8, 4) is 0 Å². The summed E-state index contributed by atoms with van der Waals surface area (Å²) in [5, 5.41) is 0. The van der Waals surface area contributed by atoms with Gasteiger partial charge in [0.15, 0.2) is 0 Å². The molecule has 2 heterocycles. The molecular weight excluding hydrogens is 463 g/mol. The number of carbonyl (C=O) groups is 2. The third-order valence-corrected chi connectivity index (χ3v) is 6.97. The molecule has 2 aromatic carbocycles. The van der Waals surface area contributed by atoms with Crippen molar-refractivity contribution in [1.29, 1.82) is 0 Å². The van der Waals surface area contributed by atoms with Crippen LogP contribution >= 0.6 is 24.0 Å². The van der Waals surface area contributed by atoms with Gasteiger partial charge in [0.1, 0.15) is 10.1 Å². The molecule has 1 saturated heterocycles. The van der Waals surface area contributed by atoms with Crippen LogP contribution < -0.4 is 4.90 Å². The zero-order valence-electron chi connectivity index (χ0n) is 15.8. The number of carbonyl (C=O) groups excluding carboxylic acids is 2. The Balaban J connectivity index is 1.71. The molecule has 0 spiro atoms. The average molecular weight is 479 g/mol. The molecule has 0 bridgehead atoms. The van der Waals surface area contributed by atoms with E-state index in [1.807, 2.05) is 0 Å². The molecule has 160 valence electrons. The van der Waals surface area contributed by atoms with Gasteiger partial charge in [0.05, 0.1) is 28.5 Å². The SMILES string of the molecule is O=C1C(=C2C(=O)N(Cc3ccc(F)cc3)c3ccccc32)SC(=S)N1CCS(=O)(=O)O. The van der Waals surface area contributed by atoms with Crippen LogP contribution in [0.25, 0.3) is 5.57 Å². The van der Waals surface area contributed by atoms with Gasteiger partial charge in [0.2, 0.25) is 0 Å². The maximum absolute atomic E-state index is 13.3. The molecule has 2 aromatic rings. The Hall–Kier alpha value is -2.60. The molecule has 31 heavy (non-hydrogen) atoms. The van der Waals surface area contributed by atoms with Crippen LogP contribution in [0.1, 0.15) is 11.1 Å². The lowest BCUT2D eigenvalue weighted by atomic mass is 10.1. The summed E-state index contributed by atoms with van der Waals surface area (Å²) < 4.78 is 44.5. The first-order chi connectivity index (χ1) is 14.7. The Bertz CT molecular complexity index is 1240. The van der Waals surface area contributed by atoms with Crippen LogP contribution in [0.4, 0.5) is 10.1 Å². The van der Waals surface area contributed by atoms with E-state index >= 15 is 0 Å². The number of thioether (sulfide) groups is 1. The number of fused-ring (bicyclic) bond motifs is 1. The van der Waals surface area contributed by atoms with Crippen LogP contribution in [0.15, 0.2) is 53.4 Å². The summed E-state index contributed by atoms with van der Waals surface area (Å²) >= 11 is 6.12. The average Bonchev–Trinajstić information content (AvgIpc) is 3.14. The Morgan fingerprint density at radius 2 is 1.68 bits per heavy atom. The van der Waals surface area contributed by atoms with Crippen LogP contribution in [0.2, 0.25) is 0 Å². The first kappa shape index (κ1) is 21.6. The van der Waals surface area contributed by atoms with Crippen molar-refractivity contribution < 1.29 is 27.0 Å². The quantitative estimate of drug-likeness (QED) is 0.401. The molecule has 2 aliphatic rings. The Kier molecular flexibility index (Phi) is 5.69. The highest BCUT2D eigenvalue weighted by Gasteiger charge is 2.42. The highest BCUT2D eigenvalue weighted by molar-refractivity contribution is 8.26. The molecule has 7 nitrogen and oxygen atoms in total. The second kappa shape index (κ2) is 8.15. The molecule has 11 heteroatoms. The zero-order chi connectivity index (χ0) is 22.3. The number of nitrogens with zero attached hydrogens (tertiary/aromatic N) is 2. The number of rotatable bonds is 5. The van der Waals surface area contributed by atoms with Gasteiger partial charge in [0, 0.05) is 12.1 Å². The molecule has 2 aliphatic heterocycles. The van der Waals surface area contributed by atoms with Gasteiger partial charge in [-0.05, 0) is 23.8 Å². The lowest BCUT2D eigenvalue weighted by Crippen LogP contribution is -2.33. The van der Waals surface area contributed by atoms with Crippen LogP contribution in [-0.2, 0) is 26.3 Å². The summed E-state index contributed by atoms with van der Waals surface area (Å²) in [5.41, 5.74) is 2.07. The smallest absolute Gasteiger partial charge is 0.267 e. The summed E-state index contributed by atoms with van der Waals surface area (Å²) in [4.78, 5) is 29.0. The van der Waals surface area contributed by atoms with Gasteiger partial charge in [-0.1, -0.05) is 54.3 Å². The van der Waals surface area contributed by atoms with Gasteiger partial charge in [-0.25, -0.2) is 4.39 Å². The van der Waals surface area contributed by atoms with Crippen LogP contribution in [0, 0.1) is 5.82 Å². The van der Waals surface area contributed by atoms with Crippen molar-refractivity contribution in [3.63, 3.8) is 0 Å². The minimum Gasteiger partial charge on any atom is -0.303 e. The fourth-order valence-electron chi connectivity index (χ4n) is 3.38. The van der Waals surface area contributed by atoms with Gasteiger partial charge < -0.3 is 4.90 Å². The maximum atomic E-state index is 13.3. The van der Waals surface area contributed by atoms with Crippen molar-refractivity contribution in [2.45, 2.75) is 6.54 Å². The molecule has 0 unspecified atom stereocenters. The van der Waals surface area contributed by atoms with Gasteiger partial charge >= 0.3 is 0 Å². The number of benzene rings is 2. The maximum Gasteiger partial charge on any atom is 0.267 e. The van der Waals surface area contributed by atoms with Gasteiger partial charge in [-0.3, -0.25) is 19.0 Å². The van der Waals surface area contributed by atoms with Crippen molar-refractivity contribution >= 4 is 61.5 Å². The van der Waals surface area contributed by atoms with Crippen molar-refractivity contribution in [3.05, 3.63) is 70.4 Å². The summed E-state index contributed by atoms with van der Waals surface area (Å²) in [6, 6.07) is 12.8. The second-order valence-electron chi connectivity index (χ2n) is 6.85. The Morgan fingerprint density at radius 3 is 2.35 bits per heavy atom. The lowest BCUT2D eigenvalue weighted by Gasteiger charge is -2.17. The third kappa shape index (κ3) is 4.26. The van der Waals surface area contributed by atoms with E-state index < -0.39 is 27.7 Å². The van der Waals surface area contributed by atoms with Crippen molar-refractivity contribution in [1.82, 2.24) is 4.90 Å². The Labute approximate surface area is 187 Å². The van der Waals surface area contributed by atoms with Crippen molar-refractivity contribution in [2.24, 2.45) is 0 Å². The van der Waals surface area contributed by atoms with E-state index in [0.717, 1.165) is 16.7 Å². The van der Waals surface area contributed by atoms with Gasteiger partial charge in [0.25, 0.3) is 21.9 Å². The Morgan fingerprint density at radius 1 is 1.00 bits per heavy atom. The van der Waals surface area contributed by atoms with E-state index in [9.17, 15) is 22.4 Å². The number of halogens is 1. The highest BCUT2D eigenvalue weighted by atomic mass is 32.2. The fraction of sp³-hybridized carbons (Fsp3) is 0.150. The number of amides is 2. The van der Waals surface area contributed by atoms with Crippen LogP contribution in [-0.4, -0.2) is 46.3 Å². The van der Waals surface area contributed by atoms with E-state index in [1.165, 1.54) is 17.0 Å². The monoisotopic (exact) mass is 478 g/mol. The first-order valence-electron chi connectivity index (χ1n) is 9.04. The molecule has 4 rings (SSSR count). The summed E-state index contributed by atoms with van der Waals surface area (Å²) in [6.45, 7) is -0.127. The molecule has 0 aromatic heterocycles. The normalized spacial score (nSPS) is 18.8. The highest BCUT2D eigenvalue weighted by Crippen LogP contribution is 2.44. The van der Waals surface area contributed by atoms with Crippen LogP contribution in [0.5, 0.6) is 0 Å². The van der Waals surface area contributed by atoms with Crippen LogP contribution in [0.3, 0.4) is 0 Å². The van der Waals surface area contributed by atoms with E-state index in [2.05, 4.69) is 0 Å². The molecule has 0 radical (unpaired) electrons. The minimum atomic E-state index is -4.28. The standard InChI is InChI=1S/C20H15FN2O5S3/c21-13-7-5-12(6-8-13)11-23-15-4-2-1-3-14(15)16(18(23)24)17-19(25)22(20(29)30-17)9-10-31(26,27)28/h1-8H,9-11H2,(H,26,27,28). The number of para-hydroxylation sites is 1. The first-order valence-corrected chi connectivity index (χ1v) is 11.9. The number of anilines is 1. The molecular formula is C20H15FN2O5S3. The number of thiocarbonyl (C=S) groups is 1. The molecule has 0 aliphatic carbocycles. The molecule has 1 N–H and O–H groups in total. The zero-order valence-corrected chi connectivity index (χ0v) is 18.3. The topological polar surface area (TPSA) is 95.0 Å². The van der Waals surface area contributed by atoms with E-state index in [-0.39, 0.29) is 33.7 Å². The van der Waals surface area contributed by atoms with Gasteiger partial charge in [-0.2, -0.15) is 8.42 Å². The minimum absolute atomic E-state index is 0.110. The van der Waals surface area contributed by atoms with Crippen molar-refractivity contribution in [2.75, 3.05) is 17.2 Å². The number of hydrogen-bond acceptors (Lipinski definition) is 6. The predicted molar refractivity (Wildman–Crippen MR) is 119 cm³/mol. The summed E-state index contributed by atoms with van der Waals surface area (Å²) in [7, 11) is -4.28. The second-order valence-corrected chi connectivity index (χ2v) is 10.1. The number of hydrogen-bond donors (Lipinski definition) is 1. The van der Waals surface area contributed by atoms with E-state index in [1.54, 1.807) is 36.4 Å². The lowest BCUT2D eigenvalue weighted by molar-refractivity contribution is -0.122. The van der Waals surface area contributed by atoms with E-state index in [4.69, 9.17) is 16.8 Å². The molecule has 1 fully saturated rings. The van der Waals surface area contributed by atoms with Gasteiger partial charge in [-0.15, -0.1) is 0 Å². The predicted octanol–water partition coefficient (Wildman–Crippen LogP) is 2.83. The molecule has 2 amide bonds. The summed E-state index contributed by atoms with van der Waals surface area (Å²) in [6.07, 6.45) is 0. The third-order valence-electron chi connectivity index (χ3n) is 4.83. The summed E-state index contributed by atoms with van der Waals surface area (Å²) in [5.74, 6) is -2.03. The van der Waals surface area contributed by atoms with E-state index in [0.29, 0.717) is 16.8 Å². The molecule has 0 saturated carbocycles.